The standard InChI is InChI=1S/C14H17N3O2S/c1-15-14-17-12(9-20-14)13(19)16-11(8-18)7-10-5-3-2-4-6-10/h2-6,9,11,18H,7-8H2,1H3,(H,15,17)(H,16,19). The molecule has 1 aromatic heterocycles. The van der Waals surface area contributed by atoms with Crippen molar-refractivity contribution in [2.75, 3.05) is 19.0 Å². The van der Waals surface area contributed by atoms with E-state index in [2.05, 4.69) is 15.6 Å². The first-order valence-electron chi connectivity index (χ1n) is 6.32. The van der Waals surface area contributed by atoms with Gasteiger partial charge in [0.25, 0.3) is 5.91 Å². The molecule has 0 bridgehead atoms. The SMILES string of the molecule is CNc1nc(C(=O)NC(CO)Cc2ccccc2)cs1. The molecule has 1 amide bonds. The van der Waals surface area contributed by atoms with E-state index in [1.54, 1.807) is 12.4 Å². The van der Waals surface area contributed by atoms with Crippen LogP contribution >= 0.6 is 11.3 Å². The number of benzene rings is 1. The highest BCUT2D eigenvalue weighted by molar-refractivity contribution is 7.13. The van der Waals surface area contributed by atoms with Crippen LogP contribution in [0.25, 0.3) is 0 Å². The van der Waals surface area contributed by atoms with Crippen LogP contribution in [-0.2, 0) is 6.42 Å². The van der Waals surface area contributed by atoms with Crippen LogP contribution in [0.1, 0.15) is 16.1 Å². The summed E-state index contributed by atoms with van der Waals surface area (Å²) in [6.45, 7) is -0.107. The third-order valence-electron chi connectivity index (χ3n) is 2.83. The van der Waals surface area contributed by atoms with Gasteiger partial charge in [-0.2, -0.15) is 0 Å². The Labute approximate surface area is 121 Å². The number of carbonyl (C=O) groups is 1. The van der Waals surface area contributed by atoms with E-state index in [1.807, 2.05) is 30.3 Å². The van der Waals surface area contributed by atoms with E-state index in [4.69, 9.17) is 0 Å². The number of aliphatic hydroxyl groups is 1. The number of rotatable bonds is 6. The normalized spacial score (nSPS) is 11.9. The molecule has 5 nitrogen and oxygen atoms in total. The number of hydrogen-bond donors (Lipinski definition) is 3. The number of aliphatic hydroxyl groups excluding tert-OH is 1. The fraction of sp³-hybridized carbons (Fsp3) is 0.286. The zero-order chi connectivity index (χ0) is 14.4. The maximum Gasteiger partial charge on any atom is 0.271 e. The van der Waals surface area contributed by atoms with Gasteiger partial charge in [0.2, 0.25) is 0 Å². The maximum atomic E-state index is 12.0. The van der Waals surface area contributed by atoms with Crippen LogP contribution in [0.5, 0.6) is 0 Å². The minimum absolute atomic E-state index is 0.107. The van der Waals surface area contributed by atoms with E-state index in [1.165, 1.54) is 11.3 Å². The number of anilines is 1. The van der Waals surface area contributed by atoms with E-state index < -0.39 is 0 Å². The van der Waals surface area contributed by atoms with Gasteiger partial charge in [-0.05, 0) is 12.0 Å². The van der Waals surface area contributed by atoms with Crippen molar-refractivity contribution < 1.29 is 9.90 Å². The van der Waals surface area contributed by atoms with Gasteiger partial charge in [0.1, 0.15) is 5.69 Å². The molecule has 0 aliphatic carbocycles. The quantitative estimate of drug-likeness (QED) is 0.754. The number of nitrogens with zero attached hydrogens (tertiary/aromatic N) is 1. The highest BCUT2D eigenvalue weighted by atomic mass is 32.1. The summed E-state index contributed by atoms with van der Waals surface area (Å²) in [5.41, 5.74) is 1.44. The predicted octanol–water partition coefficient (Wildman–Crippen LogP) is 1.52. The Morgan fingerprint density at radius 1 is 1.40 bits per heavy atom. The molecule has 20 heavy (non-hydrogen) atoms. The van der Waals surface area contributed by atoms with Gasteiger partial charge in [-0.15, -0.1) is 11.3 Å². The topological polar surface area (TPSA) is 74.2 Å². The summed E-state index contributed by atoms with van der Waals surface area (Å²) in [4.78, 5) is 16.2. The van der Waals surface area contributed by atoms with Crippen LogP contribution in [0.4, 0.5) is 5.13 Å². The van der Waals surface area contributed by atoms with Crippen molar-refractivity contribution in [3.8, 4) is 0 Å². The van der Waals surface area contributed by atoms with E-state index in [0.29, 0.717) is 17.2 Å². The molecule has 1 heterocycles. The third kappa shape index (κ3) is 3.79. The minimum atomic E-state index is -0.315. The Hall–Kier alpha value is -1.92. The van der Waals surface area contributed by atoms with Crippen LogP contribution in [0, 0.1) is 0 Å². The zero-order valence-electron chi connectivity index (χ0n) is 11.2. The minimum Gasteiger partial charge on any atom is -0.394 e. The maximum absolute atomic E-state index is 12.0. The van der Waals surface area contributed by atoms with Gasteiger partial charge in [-0.1, -0.05) is 30.3 Å². The number of nitrogens with one attached hydrogen (secondary N) is 2. The molecule has 0 saturated heterocycles. The van der Waals surface area contributed by atoms with Crippen molar-refractivity contribution in [1.82, 2.24) is 10.3 Å². The van der Waals surface area contributed by atoms with Gasteiger partial charge in [-0.25, -0.2) is 4.98 Å². The first-order valence-corrected chi connectivity index (χ1v) is 7.20. The van der Waals surface area contributed by atoms with Crippen molar-refractivity contribution in [1.29, 1.82) is 0 Å². The first-order chi connectivity index (χ1) is 9.72. The second-order valence-electron chi connectivity index (χ2n) is 4.33. The van der Waals surface area contributed by atoms with Gasteiger partial charge < -0.3 is 15.7 Å². The third-order valence-corrected chi connectivity index (χ3v) is 3.69. The molecule has 1 atom stereocenters. The van der Waals surface area contributed by atoms with E-state index in [-0.39, 0.29) is 18.6 Å². The Morgan fingerprint density at radius 3 is 2.75 bits per heavy atom. The molecule has 3 N–H and O–H groups in total. The smallest absolute Gasteiger partial charge is 0.271 e. The lowest BCUT2D eigenvalue weighted by Crippen LogP contribution is -2.39. The lowest BCUT2D eigenvalue weighted by molar-refractivity contribution is 0.0912. The molecule has 0 spiro atoms. The largest absolute Gasteiger partial charge is 0.394 e. The molecule has 1 unspecified atom stereocenters. The fourth-order valence-corrected chi connectivity index (χ4v) is 2.46. The average molecular weight is 291 g/mol. The second kappa shape index (κ2) is 7.02. The molecule has 0 aliphatic rings. The number of hydrogen-bond acceptors (Lipinski definition) is 5. The van der Waals surface area contributed by atoms with E-state index >= 15 is 0 Å². The molecule has 2 aromatic rings. The predicted molar refractivity (Wildman–Crippen MR) is 80.1 cm³/mol. The fourth-order valence-electron chi connectivity index (χ4n) is 1.81. The van der Waals surface area contributed by atoms with Gasteiger partial charge in [0.05, 0.1) is 12.6 Å². The molecular formula is C14H17N3O2S. The van der Waals surface area contributed by atoms with Crippen LogP contribution in [-0.4, -0.2) is 35.7 Å². The molecule has 2 rings (SSSR count). The average Bonchev–Trinajstić information content (AvgIpc) is 2.96. The van der Waals surface area contributed by atoms with Crippen LogP contribution < -0.4 is 10.6 Å². The highest BCUT2D eigenvalue weighted by Crippen LogP contribution is 2.14. The van der Waals surface area contributed by atoms with E-state index in [9.17, 15) is 9.90 Å². The van der Waals surface area contributed by atoms with Crippen molar-refractivity contribution >= 4 is 22.4 Å². The Bertz CT molecular complexity index is 557. The molecule has 0 aliphatic heterocycles. The van der Waals surface area contributed by atoms with Gasteiger partial charge in [0, 0.05) is 12.4 Å². The number of amides is 1. The molecule has 0 radical (unpaired) electrons. The summed E-state index contributed by atoms with van der Waals surface area (Å²) >= 11 is 1.37. The zero-order valence-corrected chi connectivity index (χ0v) is 12.0. The molecule has 0 saturated carbocycles. The summed E-state index contributed by atoms with van der Waals surface area (Å²) in [6.07, 6.45) is 0.589. The summed E-state index contributed by atoms with van der Waals surface area (Å²) in [6, 6.07) is 9.43. The summed E-state index contributed by atoms with van der Waals surface area (Å²) in [5.74, 6) is -0.266. The Morgan fingerprint density at radius 2 is 2.15 bits per heavy atom. The number of aromatic nitrogens is 1. The Balaban J connectivity index is 1.97. The van der Waals surface area contributed by atoms with Gasteiger partial charge >= 0.3 is 0 Å². The van der Waals surface area contributed by atoms with Crippen LogP contribution in [0.3, 0.4) is 0 Å². The van der Waals surface area contributed by atoms with Gasteiger partial charge in [0.15, 0.2) is 5.13 Å². The second-order valence-corrected chi connectivity index (χ2v) is 5.19. The molecular weight excluding hydrogens is 274 g/mol. The summed E-state index contributed by atoms with van der Waals surface area (Å²) in [7, 11) is 1.76. The molecule has 6 heteroatoms. The lowest BCUT2D eigenvalue weighted by atomic mass is 10.1. The lowest BCUT2D eigenvalue weighted by Gasteiger charge is -2.15. The number of carbonyl (C=O) groups excluding carboxylic acids is 1. The van der Waals surface area contributed by atoms with Crippen molar-refractivity contribution in [3.05, 3.63) is 47.0 Å². The van der Waals surface area contributed by atoms with Crippen LogP contribution in [0.2, 0.25) is 0 Å². The molecule has 106 valence electrons. The summed E-state index contributed by atoms with van der Waals surface area (Å²) < 4.78 is 0. The monoisotopic (exact) mass is 291 g/mol. The van der Waals surface area contributed by atoms with E-state index in [0.717, 1.165) is 5.56 Å². The van der Waals surface area contributed by atoms with Crippen LogP contribution in [0.15, 0.2) is 35.7 Å². The van der Waals surface area contributed by atoms with Crippen molar-refractivity contribution in [3.63, 3.8) is 0 Å². The first kappa shape index (κ1) is 14.5. The van der Waals surface area contributed by atoms with Crippen molar-refractivity contribution in [2.24, 2.45) is 0 Å². The highest BCUT2D eigenvalue weighted by Gasteiger charge is 2.15. The molecule has 1 aromatic carbocycles. The van der Waals surface area contributed by atoms with Crippen molar-refractivity contribution in [2.45, 2.75) is 12.5 Å². The number of thiazole rings is 1. The Kier molecular flexibility index (Phi) is 5.09. The molecule has 0 fully saturated rings. The summed E-state index contributed by atoms with van der Waals surface area (Å²) in [5, 5.41) is 17.5. The van der Waals surface area contributed by atoms with Gasteiger partial charge in [-0.3, -0.25) is 4.79 Å².